The molecule has 2 heteroatoms. The standard InChI is InChI=1S/C36H25NO/c1-4-11-25(12-5-1)28-17-10-18-29(23-28)37-30-19-22-34-33(24-30)35-31(26-13-6-2-7-14-26)20-21-32(36(35)38-34)27-15-8-3-9-16-27/h1-24,37H. The van der Waals surface area contributed by atoms with Gasteiger partial charge in [0.05, 0.1) is 0 Å². The van der Waals surface area contributed by atoms with E-state index in [9.17, 15) is 0 Å². The van der Waals surface area contributed by atoms with Crippen molar-refractivity contribution in [1.82, 2.24) is 0 Å². The number of benzene rings is 6. The molecule has 0 aliphatic heterocycles. The summed E-state index contributed by atoms with van der Waals surface area (Å²) in [4.78, 5) is 0. The minimum Gasteiger partial charge on any atom is -0.455 e. The number of anilines is 2. The molecule has 2 nitrogen and oxygen atoms in total. The van der Waals surface area contributed by atoms with E-state index in [4.69, 9.17) is 4.42 Å². The molecule has 38 heavy (non-hydrogen) atoms. The first kappa shape index (κ1) is 22.1. The van der Waals surface area contributed by atoms with Crippen LogP contribution in [0.2, 0.25) is 0 Å². The Bertz CT molecular complexity index is 1870. The van der Waals surface area contributed by atoms with Crippen molar-refractivity contribution in [1.29, 1.82) is 0 Å². The van der Waals surface area contributed by atoms with Gasteiger partial charge in [-0.3, -0.25) is 0 Å². The van der Waals surface area contributed by atoms with Crippen LogP contribution in [-0.4, -0.2) is 0 Å². The van der Waals surface area contributed by atoms with Crippen LogP contribution >= 0.6 is 0 Å². The van der Waals surface area contributed by atoms with Crippen molar-refractivity contribution in [3.8, 4) is 33.4 Å². The number of furan rings is 1. The average Bonchev–Trinajstić information content (AvgIpc) is 3.37. The van der Waals surface area contributed by atoms with Crippen molar-refractivity contribution in [2.75, 3.05) is 5.32 Å². The molecular formula is C36H25NO. The van der Waals surface area contributed by atoms with E-state index in [0.717, 1.165) is 44.4 Å². The van der Waals surface area contributed by atoms with E-state index in [2.05, 4.69) is 139 Å². The quantitative estimate of drug-likeness (QED) is 0.261. The van der Waals surface area contributed by atoms with Gasteiger partial charge in [0.25, 0.3) is 0 Å². The normalized spacial score (nSPS) is 11.2. The molecule has 6 aromatic carbocycles. The summed E-state index contributed by atoms with van der Waals surface area (Å²) >= 11 is 0. The Morgan fingerprint density at radius 2 is 1.00 bits per heavy atom. The van der Waals surface area contributed by atoms with Gasteiger partial charge in [0, 0.05) is 27.7 Å². The molecule has 0 radical (unpaired) electrons. The predicted octanol–water partition coefficient (Wildman–Crippen LogP) is 10.3. The second kappa shape index (κ2) is 9.42. The van der Waals surface area contributed by atoms with Crippen molar-refractivity contribution >= 4 is 33.3 Å². The molecule has 0 aliphatic carbocycles. The SMILES string of the molecule is c1ccc(-c2cccc(Nc3ccc4oc5c(-c6ccccc6)ccc(-c6ccccc6)c5c4c3)c2)cc1. The summed E-state index contributed by atoms with van der Waals surface area (Å²) in [5.41, 5.74) is 10.8. The molecule has 0 unspecified atom stereocenters. The van der Waals surface area contributed by atoms with Gasteiger partial charge in [-0.15, -0.1) is 0 Å². The van der Waals surface area contributed by atoms with Crippen LogP contribution in [0.5, 0.6) is 0 Å². The van der Waals surface area contributed by atoms with Crippen LogP contribution in [0.4, 0.5) is 11.4 Å². The molecule has 1 heterocycles. The Balaban J connectivity index is 1.38. The topological polar surface area (TPSA) is 25.2 Å². The van der Waals surface area contributed by atoms with Crippen LogP contribution in [0, 0.1) is 0 Å². The van der Waals surface area contributed by atoms with Crippen molar-refractivity contribution in [2.24, 2.45) is 0 Å². The van der Waals surface area contributed by atoms with E-state index in [0.29, 0.717) is 0 Å². The van der Waals surface area contributed by atoms with E-state index in [1.54, 1.807) is 0 Å². The summed E-state index contributed by atoms with van der Waals surface area (Å²) < 4.78 is 6.55. The fourth-order valence-electron chi connectivity index (χ4n) is 5.24. The second-order valence-electron chi connectivity index (χ2n) is 9.48. The van der Waals surface area contributed by atoms with Gasteiger partial charge in [-0.05, 0) is 64.2 Å². The predicted molar refractivity (Wildman–Crippen MR) is 160 cm³/mol. The van der Waals surface area contributed by atoms with Crippen molar-refractivity contribution in [3.05, 3.63) is 146 Å². The maximum Gasteiger partial charge on any atom is 0.143 e. The van der Waals surface area contributed by atoms with E-state index in [1.807, 2.05) is 12.1 Å². The fraction of sp³-hybridized carbons (Fsp3) is 0. The molecule has 1 N–H and O–H groups in total. The summed E-state index contributed by atoms with van der Waals surface area (Å²) in [5.74, 6) is 0. The highest BCUT2D eigenvalue weighted by Crippen LogP contribution is 2.42. The lowest BCUT2D eigenvalue weighted by Gasteiger charge is -2.10. The molecule has 7 rings (SSSR count). The van der Waals surface area contributed by atoms with Crippen molar-refractivity contribution in [2.45, 2.75) is 0 Å². The molecule has 0 saturated heterocycles. The summed E-state index contributed by atoms with van der Waals surface area (Å²) in [7, 11) is 0. The molecule has 0 amide bonds. The van der Waals surface area contributed by atoms with Crippen LogP contribution in [0.1, 0.15) is 0 Å². The van der Waals surface area contributed by atoms with Gasteiger partial charge in [-0.2, -0.15) is 0 Å². The van der Waals surface area contributed by atoms with Gasteiger partial charge in [0.1, 0.15) is 11.2 Å². The van der Waals surface area contributed by atoms with Gasteiger partial charge in [0.15, 0.2) is 0 Å². The Morgan fingerprint density at radius 1 is 0.421 bits per heavy atom. The van der Waals surface area contributed by atoms with E-state index in [1.165, 1.54) is 22.3 Å². The number of rotatable bonds is 5. The molecule has 0 fully saturated rings. The minimum absolute atomic E-state index is 0.879. The largest absolute Gasteiger partial charge is 0.455 e. The monoisotopic (exact) mass is 487 g/mol. The lowest BCUT2D eigenvalue weighted by molar-refractivity contribution is 0.670. The van der Waals surface area contributed by atoms with Gasteiger partial charge in [-0.1, -0.05) is 109 Å². The van der Waals surface area contributed by atoms with Crippen molar-refractivity contribution < 1.29 is 4.42 Å². The highest BCUT2D eigenvalue weighted by atomic mass is 16.3. The first-order chi connectivity index (χ1) is 18.8. The van der Waals surface area contributed by atoms with Crippen LogP contribution in [-0.2, 0) is 0 Å². The first-order valence-electron chi connectivity index (χ1n) is 12.9. The zero-order chi connectivity index (χ0) is 25.3. The third-order valence-corrected chi connectivity index (χ3v) is 7.05. The molecule has 0 atom stereocenters. The van der Waals surface area contributed by atoms with Crippen LogP contribution in [0.25, 0.3) is 55.3 Å². The third kappa shape index (κ3) is 4.03. The summed E-state index contributed by atoms with van der Waals surface area (Å²) in [5, 5.41) is 5.86. The number of fused-ring (bicyclic) bond motifs is 3. The first-order valence-corrected chi connectivity index (χ1v) is 12.9. The Morgan fingerprint density at radius 3 is 1.71 bits per heavy atom. The maximum atomic E-state index is 6.55. The molecule has 0 saturated carbocycles. The zero-order valence-corrected chi connectivity index (χ0v) is 20.8. The van der Waals surface area contributed by atoms with E-state index < -0.39 is 0 Å². The average molecular weight is 488 g/mol. The summed E-state index contributed by atoms with van der Waals surface area (Å²) in [6.45, 7) is 0. The zero-order valence-electron chi connectivity index (χ0n) is 20.8. The van der Waals surface area contributed by atoms with Crippen molar-refractivity contribution in [3.63, 3.8) is 0 Å². The van der Waals surface area contributed by atoms with Crippen LogP contribution in [0.15, 0.2) is 150 Å². The van der Waals surface area contributed by atoms with Gasteiger partial charge in [0.2, 0.25) is 0 Å². The lowest BCUT2D eigenvalue weighted by Crippen LogP contribution is -1.90. The summed E-state index contributed by atoms with van der Waals surface area (Å²) in [6, 6.07) is 50.8. The van der Waals surface area contributed by atoms with Crippen LogP contribution < -0.4 is 5.32 Å². The molecule has 180 valence electrons. The number of hydrogen-bond acceptors (Lipinski definition) is 2. The van der Waals surface area contributed by atoms with Gasteiger partial charge >= 0.3 is 0 Å². The van der Waals surface area contributed by atoms with E-state index >= 15 is 0 Å². The highest BCUT2D eigenvalue weighted by Gasteiger charge is 2.17. The molecule has 7 aromatic rings. The highest BCUT2D eigenvalue weighted by molar-refractivity contribution is 6.16. The fourth-order valence-corrected chi connectivity index (χ4v) is 5.24. The van der Waals surface area contributed by atoms with Crippen LogP contribution in [0.3, 0.4) is 0 Å². The Labute approximate surface area is 221 Å². The number of hydrogen-bond donors (Lipinski definition) is 1. The summed E-state index contributed by atoms with van der Waals surface area (Å²) in [6.07, 6.45) is 0. The minimum atomic E-state index is 0.879. The molecule has 0 spiro atoms. The molecule has 1 aromatic heterocycles. The smallest absolute Gasteiger partial charge is 0.143 e. The lowest BCUT2D eigenvalue weighted by atomic mass is 9.94. The van der Waals surface area contributed by atoms with Gasteiger partial charge in [-0.25, -0.2) is 0 Å². The third-order valence-electron chi connectivity index (χ3n) is 7.05. The second-order valence-corrected chi connectivity index (χ2v) is 9.48. The Kier molecular flexibility index (Phi) is 5.49. The molecule has 0 aliphatic rings. The molecular weight excluding hydrogens is 462 g/mol. The maximum absolute atomic E-state index is 6.55. The van der Waals surface area contributed by atoms with E-state index in [-0.39, 0.29) is 0 Å². The Hall–Kier alpha value is -5.08. The van der Waals surface area contributed by atoms with Gasteiger partial charge < -0.3 is 9.73 Å². The molecule has 0 bridgehead atoms. The number of nitrogens with one attached hydrogen (secondary N) is 1.